The highest BCUT2D eigenvalue weighted by atomic mass is 35.5. The Morgan fingerprint density at radius 3 is 2.70 bits per heavy atom. The lowest BCUT2D eigenvalue weighted by molar-refractivity contribution is -0.126. The van der Waals surface area contributed by atoms with Gasteiger partial charge in [-0.3, -0.25) is 9.59 Å². The Morgan fingerprint density at radius 1 is 1.35 bits per heavy atom. The maximum Gasteiger partial charge on any atom is 0.227 e. The first-order valence-corrected chi connectivity index (χ1v) is 7.42. The zero-order valence-corrected chi connectivity index (χ0v) is 12.5. The lowest BCUT2D eigenvalue weighted by atomic mass is 10.1. The van der Waals surface area contributed by atoms with Crippen molar-refractivity contribution in [1.29, 1.82) is 0 Å². The Hall–Kier alpha value is -1.26. The summed E-state index contributed by atoms with van der Waals surface area (Å²) in [5, 5.41) is 3.42. The van der Waals surface area contributed by atoms with Crippen LogP contribution in [-0.4, -0.2) is 30.8 Å². The van der Waals surface area contributed by atoms with E-state index in [9.17, 15) is 9.59 Å². The van der Waals surface area contributed by atoms with Gasteiger partial charge in [0.05, 0.1) is 5.92 Å². The van der Waals surface area contributed by atoms with Gasteiger partial charge in [0.1, 0.15) is 0 Å². The summed E-state index contributed by atoms with van der Waals surface area (Å²) in [5.74, 6) is 0.0964. The molecule has 0 bridgehead atoms. The van der Waals surface area contributed by atoms with Crippen molar-refractivity contribution in [1.82, 2.24) is 5.32 Å². The van der Waals surface area contributed by atoms with Crippen LogP contribution in [-0.2, 0) is 9.59 Å². The summed E-state index contributed by atoms with van der Waals surface area (Å²) in [6.45, 7) is 0.959. The Bertz CT molecular complexity index is 490. The summed E-state index contributed by atoms with van der Waals surface area (Å²) in [4.78, 5) is 25.6. The molecule has 1 aliphatic rings. The SMILES string of the molecule is O=C(NCCCCl)[C@@H]1CC(=O)N(c2ccc(Cl)cc2)C1. The molecule has 1 fully saturated rings. The molecule has 0 spiro atoms. The third-order valence-corrected chi connectivity index (χ3v) is 3.76. The smallest absolute Gasteiger partial charge is 0.227 e. The van der Waals surface area contributed by atoms with Gasteiger partial charge in [0.15, 0.2) is 0 Å². The van der Waals surface area contributed by atoms with E-state index in [1.165, 1.54) is 0 Å². The molecule has 0 aliphatic carbocycles. The summed E-state index contributed by atoms with van der Waals surface area (Å²) in [6.07, 6.45) is 0.976. The Labute approximate surface area is 128 Å². The van der Waals surface area contributed by atoms with Crippen molar-refractivity contribution in [2.45, 2.75) is 12.8 Å². The lowest BCUT2D eigenvalue weighted by Crippen LogP contribution is -2.33. The van der Waals surface area contributed by atoms with Crippen molar-refractivity contribution in [2.75, 3.05) is 23.9 Å². The van der Waals surface area contributed by atoms with Crippen molar-refractivity contribution in [3.05, 3.63) is 29.3 Å². The number of hydrogen-bond donors (Lipinski definition) is 1. The molecule has 20 heavy (non-hydrogen) atoms. The molecule has 0 radical (unpaired) electrons. The van der Waals surface area contributed by atoms with Gasteiger partial charge >= 0.3 is 0 Å². The fourth-order valence-electron chi connectivity index (χ4n) is 2.18. The van der Waals surface area contributed by atoms with Crippen LogP contribution >= 0.6 is 23.2 Å². The predicted octanol–water partition coefficient (Wildman–Crippen LogP) is 2.44. The number of amides is 2. The minimum atomic E-state index is -0.298. The van der Waals surface area contributed by atoms with Crippen LogP contribution in [0.3, 0.4) is 0 Å². The molecule has 0 aromatic heterocycles. The zero-order valence-electron chi connectivity index (χ0n) is 10.9. The van der Waals surface area contributed by atoms with Crippen molar-refractivity contribution in [2.24, 2.45) is 5.92 Å². The topological polar surface area (TPSA) is 49.4 Å². The first-order valence-electron chi connectivity index (χ1n) is 6.51. The molecule has 1 atom stereocenters. The summed E-state index contributed by atoms with van der Waals surface area (Å²) < 4.78 is 0. The second kappa shape index (κ2) is 6.95. The van der Waals surface area contributed by atoms with E-state index >= 15 is 0 Å². The minimum absolute atomic E-state index is 0.0372. The normalized spacial score (nSPS) is 18.4. The number of halogens is 2. The third-order valence-electron chi connectivity index (χ3n) is 3.24. The molecule has 1 aromatic rings. The molecule has 1 aromatic carbocycles. The van der Waals surface area contributed by atoms with Crippen molar-refractivity contribution < 1.29 is 9.59 Å². The van der Waals surface area contributed by atoms with Gasteiger partial charge in [-0.05, 0) is 30.7 Å². The van der Waals surface area contributed by atoms with E-state index in [4.69, 9.17) is 23.2 Å². The van der Waals surface area contributed by atoms with Crippen LogP contribution in [0, 0.1) is 5.92 Å². The largest absolute Gasteiger partial charge is 0.356 e. The van der Waals surface area contributed by atoms with E-state index < -0.39 is 0 Å². The average Bonchev–Trinajstić information content (AvgIpc) is 2.82. The molecule has 2 amide bonds. The molecular formula is C14H16Cl2N2O2. The second-order valence-corrected chi connectivity index (χ2v) is 5.53. The average molecular weight is 315 g/mol. The molecule has 1 aliphatic heterocycles. The number of carbonyl (C=O) groups is 2. The monoisotopic (exact) mass is 314 g/mol. The van der Waals surface area contributed by atoms with Gasteiger partial charge in [0.2, 0.25) is 11.8 Å². The summed E-state index contributed by atoms with van der Waals surface area (Å²) >= 11 is 11.4. The quantitative estimate of drug-likeness (QED) is 0.670. The molecule has 4 nitrogen and oxygen atoms in total. The van der Waals surface area contributed by atoms with E-state index in [0.29, 0.717) is 24.0 Å². The number of alkyl halides is 1. The predicted molar refractivity (Wildman–Crippen MR) is 80.3 cm³/mol. The van der Waals surface area contributed by atoms with Crippen LogP contribution in [0.2, 0.25) is 5.02 Å². The van der Waals surface area contributed by atoms with Crippen LogP contribution in [0.25, 0.3) is 0 Å². The Morgan fingerprint density at radius 2 is 2.05 bits per heavy atom. The Kier molecular flexibility index (Phi) is 5.26. The van der Waals surface area contributed by atoms with Gasteiger partial charge in [-0.1, -0.05) is 11.6 Å². The highest BCUT2D eigenvalue weighted by Crippen LogP contribution is 2.26. The van der Waals surface area contributed by atoms with E-state index in [0.717, 1.165) is 12.1 Å². The van der Waals surface area contributed by atoms with Gasteiger partial charge in [-0.2, -0.15) is 0 Å². The van der Waals surface area contributed by atoms with Gasteiger partial charge in [-0.25, -0.2) is 0 Å². The number of nitrogens with zero attached hydrogens (tertiary/aromatic N) is 1. The number of benzene rings is 1. The molecule has 108 valence electrons. The van der Waals surface area contributed by atoms with Crippen LogP contribution in [0.5, 0.6) is 0 Å². The maximum absolute atomic E-state index is 12.0. The van der Waals surface area contributed by atoms with Crippen LogP contribution in [0.1, 0.15) is 12.8 Å². The minimum Gasteiger partial charge on any atom is -0.356 e. The van der Waals surface area contributed by atoms with Gasteiger partial charge < -0.3 is 10.2 Å². The van der Waals surface area contributed by atoms with Crippen LogP contribution < -0.4 is 10.2 Å². The van der Waals surface area contributed by atoms with Crippen molar-refractivity contribution >= 4 is 40.7 Å². The number of rotatable bonds is 5. The third kappa shape index (κ3) is 3.64. The van der Waals surface area contributed by atoms with Crippen LogP contribution in [0.15, 0.2) is 24.3 Å². The highest BCUT2D eigenvalue weighted by Gasteiger charge is 2.34. The summed E-state index contributed by atoms with van der Waals surface area (Å²) in [6, 6.07) is 7.04. The first-order chi connectivity index (χ1) is 9.61. The van der Waals surface area contributed by atoms with Gasteiger partial charge in [0.25, 0.3) is 0 Å². The van der Waals surface area contributed by atoms with E-state index in [2.05, 4.69) is 5.32 Å². The number of nitrogens with one attached hydrogen (secondary N) is 1. The fraction of sp³-hybridized carbons (Fsp3) is 0.429. The molecule has 0 saturated carbocycles. The number of anilines is 1. The van der Waals surface area contributed by atoms with Gasteiger partial charge in [-0.15, -0.1) is 11.6 Å². The molecule has 0 unspecified atom stereocenters. The first kappa shape index (κ1) is 15.1. The van der Waals surface area contributed by atoms with E-state index in [1.807, 2.05) is 0 Å². The van der Waals surface area contributed by atoms with E-state index in [-0.39, 0.29) is 24.2 Å². The standard InChI is InChI=1S/C14H16Cl2N2O2/c15-6-1-7-17-14(20)10-8-13(19)18(9-10)12-4-2-11(16)3-5-12/h2-5,10H,1,6-9H2,(H,17,20)/t10-/m1/s1. The Balaban J connectivity index is 1.96. The fourth-order valence-corrected chi connectivity index (χ4v) is 2.44. The summed E-state index contributed by atoms with van der Waals surface area (Å²) in [7, 11) is 0. The van der Waals surface area contributed by atoms with Crippen molar-refractivity contribution in [3.63, 3.8) is 0 Å². The molecule has 6 heteroatoms. The van der Waals surface area contributed by atoms with Crippen molar-refractivity contribution in [3.8, 4) is 0 Å². The zero-order chi connectivity index (χ0) is 14.5. The molecule has 1 saturated heterocycles. The van der Waals surface area contributed by atoms with Crippen LogP contribution in [0.4, 0.5) is 5.69 Å². The highest BCUT2D eigenvalue weighted by molar-refractivity contribution is 6.30. The molecule has 1 heterocycles. The number of carbonyl (C=O) groups excluding carboxylic acids is 2. The lowest BCUT2D eigenvalue weighted by Gasteiger charge is -2.16. The maximum atomic E-state index is 12.0. The number of hydrogen-bond acceptors (Lipinski definition) is 2. The summed E-state index contributed by atoms with van der Waals surface area (Å²) in [5.41, 5.74) is 0.774. The molecule has 2 rings (SSSR count). The van der Waals surface area contributed by atoms with E-state index in [1.54, 1.807) is 29.2 Å². The van der Waals surface area contributed by atoms with Gasteiger partial charge in [0, 0.05) is 36.1 Å². The molecule has 1 N–H and O–H groups in total. The second-order valence-electron chi connectivity index (χ2n) is 4.72. The molecular weight excluding hydrogens is 299 g/mol.